The van der Waals surface area contributed by atoms with Crippen molar-refractivity contribution in [2.75, 3.05) is 4.90 Å². The van der Waals surface area contributed by atoms with E-state index in [1.165, 1.54) is 6.92 Å². The van der Waals surface area contributed by atoms with Gasteiger partial charge in [-0.3, -0.25) is 14.5 Å². The number of pyridine rings is 2. The van der Waals surface area contributed by atoms with E-state index < -0.39 is 0 Å². The predicted octanol–water partition coefficient (Wildman–Crippen LogP) is 3.96. The van der Waals surface area contributed by atoms with Crippen LogP contribution in [0.3, 0.4) is 0 Å². The maximum Gasteiger partial charge on any atom is 0.260 e. The lowest BCUT2D eigenvalue weighted by Gasteiger charge is -2.23. The van der Waals surface area contributed by atoms with Crippen molar-refractivity contribution < 1.29 is 9.59 Å². The number of Topliss-reactive ketones (excluding diaryl/α,β-unsaturated/α-hetero) is 1. The zero-order valence-electron chi connectivity index (χ0n) is 13.4. The molecule has 0 N–H and O–H groups in total. The Morgan fingerprint density at radius 3 is 2.68 bits per heavy atom. The third kappa shape index (κ3) is 2.66. The van der Waals surface area contributed by atoms with E-state index >= 15 is 0 Å². The number of carbonyl (C=O) groups is 2. The van der Waals surface area contributed by atoms with Crippen molar-refractivity contribution in [3.63, 3.8) is 0 Å². The van der Waals surface area contributed by atoms with Crippen molar-refractivity contribution in [2.24, 2.45) is 0 Å². The molecule has 124 valence electrons. The van der Waals surface area contributed by atoms with Crippen molar-refractivity contribution in [1.82, 2.24) is 9.97 Å². The van der Waals surface area contributed by atoms with E-state index in [2.05, 4.69) is 9.97 Å². The molecule has 0 spiro atoms. The van der Waals surface area contributed by atoms with Gasteiger partial charge in [0.1, 0.15) is 16.8 Å². The van der Waals surface area contributed by atoms with Crippen LogP contribution in [-0.4, -0.2) is 21.7 Å². The van der Waals surface area contributed by atoms with Crippen LogP contribution in [-0.2, 0) is 4.79 Å². The zero-order valence-corrected chi connectivity index (χ0v) is 14.2. The second-order valence-electron chi connectivity index (χ2n) is 6.03. The molecule has 5 nitrogen and oxygen atoms in total. The fourth-order valence-corrected chi connectivity index (χ4v) is 3.37. The molecule has 1 amide bonds. The Hall–Kier alpha value is -2.79. The van der Waals surface area contributed by atoms with Gasteiger partial charge in [0.05, 0.1) is 6.04 Å². The molecule has 0 saturated heterocycles. The number of hydrogen-bond donors (Lipinski definition) is 0. The van der Waals surface area contributed by atoms with Crippen LogP contribution >= 0.6 is 11.6 Å². The van der Waals surface area contributed by atoms with Gasteiger partial charge in [-0.2, -0.15) is 0 Å². The summed E-state index contributed by atoms with van der Waals surface area (Å²) >= 11 is 5.95. The lowest BCUT2D eigenvalue weighted by atomic mass is 10.0. The van der Waals surface area contributed by atoms with Crippen molar-refractivity contribution in [2.45, 2.75) is 19.4 Å². The first kappa shape index (κ1) is 15.7. The maximum atomic E-state index is 12.9. The van der Waals surface area contributed by atoms with Crippen LogP contribution < -0.4 is 4.90 Å². The maximum absolute atomic E-state index is 12.9. The Balaban J connectivity index is 1.85. The van der Waals surface area contributed by atoms with E-state index in [0.29, 0.717) is 22.2 Å². The third-order valence-electron chi connectivity index (χ3n) is 4.31. The minimum atomic E-state index is -0.356. The number of nitrogens with zero attached hydrogens (tertiary/aromatic N) is 3. The van der Waals surface area contributed by atoms with Crippen LogP contribution in [0.2, 0.25) is 5.15 Å². The summed E-state index contributed by atoms with van der Waals surface area (Å²) in [6, 6.07) is 14.1. The molecule has 0 unspecified atom stereocenters. The van der Waals surface area contributed by atoms with Gasteiger partial charge in [-0.1, -0.05) is 29.8 Å². The summed E-state index contributed by atoms with van der Waals surface area (Å²) in [5, 5.41) is 1.17. The summed E-state index contributed by atoms with van der Waals surface area (Å²) in [5.74, 6) is 0.326. The van der Waals surface area contributed by atoms with Crippen molar-refractivity contribution in [3.8, 4) is 0 Å². The van der Waals surface area contributed by atoms with E-state index in [1.807, 2.05) is 30.3 Å². The number of benzene rings is 1. The van der Waals surface area contributed by atoms with Crippen molar-refractivity contribution in [3.05, 3.63) is 64.8 Å². The van der Waals surface area contributed by atoms with Gasteiger partial charge in [0.15, 0.2) is 5.65 Å². The normalized spacial score (nSPS) is 16.3. The largest absolute Gasteiger partial charge is 0.300 e. The van der Waals surface area contributed by atoms with Crippen molar-refractivity contribution >= 4 is 40.1 Å². The van der Waals surface area contributed by atoms with Gasteiger partial charge in [0.2, 0.25) is 0 Å². The number of hydrogen-bond acceptors (Lipinski definition) is 4. The summed E-state index contributed by atoms with van der Waals surface area (Å²) < 4.78 is 0. The highest BCUT2D eigenvalue weighted by atomic mass is 35.5. The summed E-state index contributed by atoms with van der Waals surface area (Å²) in [5.41, 5.74) is 1.92. The van der Waals surface area contributed by atoms with E-state index in [9.17, 15) is 9.59 Å². The monoisotopic (exact) mass is 351 g/mol. The lowest BCUT2D eigenvalue weighted by Crippen LogP contribution is -2.29. The average molecular weight is 352 g/mol. The first-order chi connectivity index (χ1) is 12.0. The molecule has 0 aliphatic carbocycles. The van der Waals surface area contributed by atoms with Gasteiger partial charge in [-0.25, -0.2) is 9.97 Å². The van der Waals surface area contributed by atoms with Crippen LogP contribution in [0.4, 0.5) is 5.82 Å². The molecule has 4 rings (SSSR count). The fourth-order valence-electron chi connectivity index (χ4n) is 3.23. The summed E-state index contributed by atoms with van der Waals surface area (Å²) in [6.07, 6.45) is 0.242. The molecule has 6 heteroatoms. The molecule has 1 aliphatic rings. The van der Waals surface area contributed by atoms with Gasteiger partial charge < -0.3 is 0 Å². The van der Waals surface area contributed by atoms with Gasteiger partial charge >= 0.3 is 0 Å². The Bertz CT molecular complexity index is 1020. The van der Waals surface area contributed by atoms with Gasteiger partial charge in [0, 0.05) is 17.4 Å². The quantitative estimate of drug-likeness (QED) is 0.670. The van der Waals surface area contributed by atoms with Crippen molar-refractivity contribution in [1.29, 1.82) is 0 Å². The number of carbonyl (C=O) groups excluding carboxylic acids is 2. The molecule has 2 aromatic heterocycles. The smallest absolute Gasteiger partial charge is 0.260 e. The second kappa shape index (κ2) is 5.93. The molecular formula is C19H14ClN3O2. The molecule has 3 heterocycles. The second-order valence-corrected chi connectivity index (χ2v) is 6.42. The Kier molecular flexibility index (Phi) is 3.73. The van der Waals surface area contributed by atoms with Crippen LogP contribution in [0.15, 0.2) is 48.5 Å². The molecule has 3 aromatic rings. The highest BCUT2D eigenvalue weighted by molar-refractivity contribution is 6.29. The number of rotatable bonds is 3. The molecule has 0 radical (unpaired) electrons. The highest BCUT2D eigenvalue weighted by Gasteiger charge is 2.38. The van der Waals surface area contributed by atoms with Gasteiger partial charge in [0.25, 0.3) is 5.91 Å². The zero-order chi connectivity index (χ0) is 17.6. The number of anilines is 1. The van der Waals surface area contributed by atoms with E-state index in [1.54, 1.807) is 23.1 Å². The highest BCUT2D eigenvalue weighted by Crippen LogP contribution is 2.39. The molecule has 0 saturated carbocycles. The first-order valence-electron chi connectivity index (χ1n) is 7.90. The van der Waals surface area contributed by atoms with E-state index in [4.69, 9.17) is 11.6 Å². The van der Waals surface area contributed by atoms with Crippen LogP contribution in [0, 0.1) is 0 Å². The Labute approximate surface area is 149 Å². The molecule has 1 aromatic carbocycles. The number of halogens is 1. The molecule has 1 aliphatic heterocycles. The lowest BCUT2D eigenvalue weighted by molar-refractivity contribution is -0.117. The van der Waals surface area contributed by atoms with Crippen LogP contribution in [0.25, 0.3) is 11.0 Å². The van der Waals surface area contributed by atoms with E-state index in [0.717, 1.165) is 10.9 Å². The minimum absolute atomic E-state index is 0.0152. The van der Waals surface area contributed by atoms with Gasteiger partial charge in [-0.15, -0.1) is 0 Å². The molecule has 0 bridgehead atoms. The first-order valence-corrected chi connectivity index (χ1v) is 8.27. The Morgan fingerprint density at radius 1 is 1.12 bits per heavy atom. The van der Waals surface area contributed by atoms with Crippen LogP contribution in [0.1, 0.15) is 35.3 Å². The van der Waals surface area contributed by atoms with Gasteiger partial charge in [-0.05, 0) is 42.8 Å². The summed E-state index contributed by atoms with van der Waals surface area (Å²) in [4.78, 5) is 35.0. The topological polar surface area (TPSA) is 63.2 Å². The summed E-state index contributed by atoms with van der Waals surface area (Å²) in [6.45, 7) is 1.53. The average Bonchev–Trinajstić information content (AvgIpc) is 2.86. The molecular weight excluding hydrogens is 338 g/mol. The minimum Gasteiger partial charge on any atom is -0.300 e. The number of aromatic nitrogens is 2. The fraction of sp³-hybridized carbons (Fsp3) is 0.158. The predicted molar refractivity (Wildman–Crippen MR) is 95.8 cm³/mol. The molecule has 0 fully saturated rings. The number of ketones is 1. The molecule has 1 atom stereocenters. The van der Waals surface area contributed by atoms with Crippen LogP contribution in [0.5, 0.6) is 0 Å². The van der Waals surface area contributed by atoms with E-state index in [-0.39, 0.29) is 24.2 Å². The number of amides is 1. The SMILES string of the molecule is CC(=O)C[C@@H]1c2ccccc2C(=O)N1c1ccc2ccc(Cl)nc2n1. The third-order valence-corrected chi connectivity index (χ3v) is 4.52. The molecule has 25 heavy (non-hydrogen) atoms. The summed E-state index contributed by atoms with van der Waals surface area (Å²) in [7, 11) is 0. The number of fused-ring (bicyclic) bond motifs is 2. The standard InChI is InChI=1S/C19H14ClN3O2/c1-11(24)10-15-13-4-2-3-5-14(13)19(25)23(15)17-9-7-12-6-8-16(20)21-18(12)22-17/h2-9,15H,10H2,1H3/t15-/m1/s1. The Morgan fingerprint density at radius 2 is 1.88 bits per heavy atom.